The number of anilines is 2. The second-order valence-electron chi connectivity index (χ2n) is 6.16. The average molecular weight is 529 g/mol. The van der Waals surface area contributed by atoms with Gasteiger partial charge in [-0.05, 0) is 58.4 Å². The van der Waals surface area contributed by atoms with Gasteiger partial charge in [0, 0.05) is 27.9 Å². The van der Waals surface area contributed by atoms with E-state index < -0.39 is 0 Å². The third-order valence-electron chi connectivity index (χ3n) is 3.91. The molecule has 0 saturated heterocycles. The molecule has 156 valence electrons. The summed E-state index contributed by atoms with van der Waals surface area (Å²) in [6.07, 6.45) is 0.0519. The van der Waals surface area contributed by atoms with Crippen molar-refractivity contribution in [3.63, 3.8) is 0 Å². The van der Waals surface area contributed by atoms with Crippen molar-refractivity contribution in [3.8, 4) is 0 Å². The predicted octanol–water partition coefficient (Wildman–Crippen LogP) is 4.80. The fourth-order valence-electron chi connectivity index (χ4n) is 2.41. The summed E-state index contributed by atoms with van der Waals surface area (Å²) < 4.78 is 2.44. The lowest BCUT2D eigenvalue weighted by Gasteiger charge is -2.07. The summed E-state index contributed by atoms with van der Waals surface area (Å²) in [6, 6.07) is 12.0. The van der Waals surface area contributed by atoms with Gasteiger partial charge >= 0.3 is 0 Å². The van der Waals surface area contributed by atoms with Crippen LogP contribution in [-0.2, 0) is 23.1 Å². The monoisotopic (exact) mass is 527 g/mol. The molecule has 0 aliphatic rings. The third kappa shape index (κ3) is 6.21. The number of nitrogens with one attached hydrogen (secondary N) is 2. The first kappa shape index (κ1) is 22.6. The van der Waals surface area contributed by atoms with Crippen LogP contribution in [0.25, 0.3) is 0 Å². The third-order valence-corrected chi connectivity index (χ3v) is 6.41. The van der Waals surface area contributed by atoms with Gasteiger partial charge in [-0.2, -0.15) is 0 Å². The molecule has 7 nitrogen and oxygen atoms in total. The number of rotatable bonds is 7. The van der Waals surface area contributed by atoms with E-state index in [9.17, 15) is 9.59 Å². The number of aromatic nitrogens is 3. The maximum absolute atomic E-state index is 12.2. The highest BCUT2D eigenvalue weighted by atomic mass is 79.9. The molecular weight excluding hydrogens is 513 g/mol. The summed E-state index contributed by atoms with van der Waals surface area (Å²) in [7, 11) is 1.75. The summed E-state index contributed by atoms with van der Waals surface area (Å²) in [5.41, 5.74) is 1.25. The van der Waals surface area contributed by atoms with Crippen molar-refractivity contribution < 1.29 is 9.59 Å². The number of amides is 2. The van der Waals surface area contributed by atoms with Crippen LogP contribution in [-0.4, -0.2) is 32.3 Å². The highest BCUT2D eigenvalue weighted by molar-refractivity contribution is 9.10. The van der Waals surface area contributed by atoms with Crippen molar-refractivity contribution >= 4 is 74.1 Å². The first-order valence-corrected chi connectivity index (χ1v) is 11.2. The largest absolute Gasteiger partial charge is 0.326 e. The normalized spacial score (nSPS) is 10.7. The van der Waals surface area contributed by atoms with Crippen LogP contribution in [0.1, 0.15) is 5.82 Å². The molecule has 11 heteroatoms. The van der Waals surface area contributed by atoms with E-state index in [0.29, 0.717) is 32.4 Å². The highest BCUT2D eigenvalue weighted by Gasteiger charge is 2.15. The average Bonchev–Trinajstić information content (AvgIpc) is 3.04. The van der Waals surface area contributed by atoms with Crippen molar-refractivity contribution in [1.29, 1.82) is 0 Å². The molecule has 2 N–H and O–H groups in total. The van der Waals surface area contributed by atoms with E-state index in [1.54, 1.807) is 54.1 Å². The van der Waals surface area contributed by atoms with Gasteiger partial charge in [-0.1, -0.05) is 35.0 Å². The Labute approximate surface area is 195 Å². The molecule has 1 aromatic heterocycles. The van der Waals surface area contributed by atoms with Crippen molar-refractivity contribution in [1.82, 2.24) is 14.8 Å². The van der Waals surface area contributed by atoms with Crippen LogP contribution in [0.2, 0.25) is 10.0 Å². The number of nitrogens with zero attached hydrogens (tertiary/aromatic N) is 3. The summed E-state index contributed by atoms with van der Waals surface area (Å²) in [5, 5.41) is 15.3. The number of benzene rings is 2. The van der Waals surface area contributed by atoms with E-state index in [-0.39, 0.29) is 24.0 Å². The zero-order valence-electron chi connectivity index (χ0n) is 15.7. The smallest absolute Gasteiger partial charge is 0.234 e. The number of carbonyl (C=O) groups is 2. The van der Waals surface area contributed by atoms with Gasteiger partial charge in [-0.25, -0.2) is 0 Å². The Balaban J connectivity index is 1.53. The molecule has 0 unspecified atom stereocenters. The van der Waals surface area contributed by atoms with Crippen molar-refractivity contribution in [2.24, 2.45) is 7.05 Å². The topological polar surface area (TPSA) is 88.9 Å². The fraction of sp³-hybridized carbons (Fsp3) is 0.158. The Morgan fingerprint density at radius 3 is 2.40 bits per heavy atom. The molecule has 1 heterocycles. The lowest BCUT2D eigenvalue weighted by molar-refractivity contribution is -0.116. The molecule has 0 fully saturated rings. The maximum atomic E-state index is 12.2. The van der Waals surface area contributed by atoms with Crippen molar-refractivity contribution in [3.05, 3.63) is 62.8 Å². The second-order valence-corrected chi connectivity index (χ2v) is 8.80. The SMILES string of the molecule is Cn1c(CC(=O)Nc2ccc(Cl)cc2)nnc1SCC(=O)Nc1ccc(Br)c(Cl)c1. The van der Waals surface area contributed by atoms with Crippen LogP contribution >= 0.6 is 50.9 Å². The quantitative estimate of drug-likeness (QED) is 0.430. The highest BCUT2D eigenvalue weighted by Crippen LogP contribution is 2.26. The Bertz CT molecular complexity index is 1080. The maximum Gasteiger partial charge on any atom is 0.234 e. The molecule has 0 saturated carbocycles. The number of halogens is 3. The molecule has 2 amide bonds. The van der Waals surface area contributed by atoms with Gasteiger partial charge in [0.2, 0.25) is 11.8 Å². The van der Waals surface area contributed by atoms with Crippen LogP contribution in [0.15, 0.2) is 52.1 Å². The predicted molar refractivity (Wildman–Crippen MR) is 123 cm³/mol. The van der Waals surface area contributed by atoms with Gasteiger partial charge in [-0.15, -0.1) is 10.2 Å². The van der Waals surface area contributed by atoms with Crippen molar-refractivity contribution in [2.75, 3.05) is 16.4 Å². The summed E-state index contributed by atoms with van der Waals surface area (Å²) in [6.45, 7) is 0. The lowest BCUT2D eigenvalue weighted by Crippen LogP contribution is -2.17. The Morgan fingerprint density at radius 2 is 1.70 bits per heavy atom. The van der Waals surface area contributed by atoms with Gasteiger partial charge in [0.15, 0.2) is 5.16 Å². The van der Waals surface area contributed by atoms with Gasteiger partial charge in [-0.3, -0.25) is 9.59 Å². The molecule has 3 rings (SSSR count). The summed E-state index contributed by atoms with van der Waals surface area (Å²) in [4.78, 5) is 24.4. The zero-order valence-corrected chi connectivity index (χ0v) is 19.6. The van der Waals surface area contributed by atoms with E-state index in [4.69, 9.17) is 23.2 Å². The van der Waals surface area contributed by atoms with Crippen LogP contribution in [0.3, 0.4) is 0 Å². The van der Waals surface area contributed by atoms with Gasteiger partial charge < -0.3 is 15.2 Å². The number of hydrogen-bond acceptors (Lipinski definition) is 5. The van der Waals surface area contributed by atoms with Crippen LogP contribution in [0.4, 0.5) is 11.4 Å². The summed E-state index contributed by atoms with van der Waals surface area (Å²) >= 11 is 16.4. The molecule has 0 bridgehead atoms. The molecular formula is C19H16BrCl2N5O2S. The molecule has 0 spiro atoms. The van der Waals surface area contributed by atoms with Crippen LogP contribution in [0, 0.1) is 0 Å². The van der Waals surface area contributed by atoms with E-state index in [2.05, 4.69) is 36.8 Å². The minimum absolute atomic E-state index is 0.0519. The molecule has 30 heavy (non-hydrogen) atoms. The second kappa shape index (κ2) is 10.3. The summed E-state index contributed by atoms with van der Waals surface area (Å²) in [5.74, 6) is 0.193. The molecule has 2 aromatic carbocycles. The molecule has 0 atom stereocenters. The molecule has 0 aliphatic heterocycles. The first-order valence-electron chi connectivity index (χ1n) is 8.63. The number of hydrogen-bond donors (Lipinski definition) is 2. The number of thioether (sulfide) groups is 1. The fourth-order valence-corrected chi connectivity index (χ4v) is 3.69. The van der Waals surface area contributed by atoms with Gasteiger partial charge in [0.1, 0.15) is 5.82 Å². The van der Waals surface area contributed by atoms with E-state index in [1.165, 1.54) is 11.8 Å². The first-order chi connectivity index (χ1) is 14.3. The standard InChI is InChI=1S/C19H16BrCl2N5O2S/c1-27-16(9-17(28)23-12-4-2-11(21)3-5-12)25-26-19(27)30-10-18(29)24-13-6-7-14(20)15(22)8-13/h2-8H,9-10H2,1H3,(H,23,28)(H,24,29). The molecule has 0 aliphatic carbocycles. The zero-order chi connectivity index (χ0) is 21.7. The van der Waals surface area contributed by atoms with Gasteiger partial charge in [0.05, 0.1) is 17.2 Å². The Kier molecular flexibility index (Phi) is 7.76. The van der Waals surface area contributed by atoms with Crippen LogP contribution in [0.5, 0.6) is 0 Å². The molecule has 3 aromatic rings. The Hall–Kier alpha value is -2.07. The van der Waals surface area contributed by atoms with E-state index >= 15 is 0 Å². The van der Waals surface area contributed by atoms with Gasteiger partial charge in [0.25, 0.3) is 0 Å². The lowest BCUT2D eigenvalue weighted by atomic mass is 10.3. The van der Waals surface area contributed by atoms with Crippen molar-refractivity contribution in [2.45, 2.75) is 11.6 Å². The minimum atomic E-state index is -0.228. The molecule has 0 radical (unpaired) electrons. The van der Waals surface area contributed by atoms with E-state index in [0.717, 1.165) is 4.47 Å². The number of carbonyl (C=O) groups excluding carboxylic acids is 2. The van der Waals surface area contributed by atoms with Crippen LogP contribution < -0.4 is 10.6 Å². The Morgan fingerprint density at radius 1 is 1.03 bits per heavy atom. The minimum Gasteiger partial charge on any atom is -0.326 e. The van der Waals surface area contributed by atoms with E-state index in [1.807, 2.05) is 0 Å².